The van der Waals surface area contributed by atoms with E-state index in [1.807, 2.05) is 0 Å². The number of rotatable bonds is 0. The Morgan fingerprint density at radius 1 is 1.14 bits per heavy atom. The second-order valence-corrected chi connectivity index (χ2v) is 0.854. The van der Waals surface area contributed by atoms with Crippen molar-refractivity contribution >= 4 is 63.1 Å². The van der Waals surface area contributed by atoms with Gasteiger partial charge in [-0.1, -0.05) is 0 Å². The summed E-state index contributed by atoms with van der Waals surface area (Å²) in [5.41, 5.74) is 0. The Morgan fingerprint density at radius 2 is 1.43 bits per heavy atom. The molecule has 0 amide bonds. The van der Waals surface area contributed by atoms with Crippen LogP contribution in [0.25, 0.3) is 0 Å². The molecule has 0 heterocycles. The van der Waals surface area contributed by atoms with E-state index in [1.54, 1.807) is 10.8 Å². The zero-order valence-electron chi connectivity index (χ0n) is 4.01. The van der Waals surface area contributed by atoms with Gasteiger partial charge in [0.1, 0.15) is 10.8 Å². The molecule has 0 aliphatic carbocycles. The molecule has 0 aromatic carbocycles. The molecular weight excluding hydrogens is 189 g/mol. The van der Waals surface area contributed by atoms with Gasteiger partial charge in [-0.15, -0.1) is 0 Å². The number of nitrogens with zero attached hydrogens (tertiary/aromatic N) is 2. The maximum absolute atomic E-state index is 7.56. The van der Waals surface area contributed by atoms with E-state index < -0.39 is 0 Å². The Bertz CT molecular complexity index is 80.8. The molecule has 0 N–H and O–H groups in total. The van der Waals surface area contributed by atoms with Crippen LogP contribution in [0, 0.1) is 21.3 Å². The quantitative estimate of drug-likeness (QED) is 0.406. The summed E-state index contributed by atoms with van der Waals surface area (Å²) in [6.45, 7) is 0. The van der Waals surface area contributed by atoms with Crippen molar-refractivity contribution in [3.63, 3.8) is 0 Å². The number of hydrogen-bond donors (Lipinski definition) is 0. The molecule has 0 unspecified atom stereocenters. The summed E-state index contributed by atoms with van der Waals surface area (Å²) in [6, 6.07) is 0. The van der Waals surface area contributed by atoms with E-state index in [4.69, 9.17) is 10.5 Å². The molecule has 5 heteroatoms. The van der Waals surface area contributed by atoms with Gasteiger partial charge in [-0.3, -0.25) is 0 Å². The van der Waals surface area contributed by atoms with E-state index >= 15 is 0 Å². The maximum atomic E-state index is 7.56. The van der Waals surface area contributed by atoms with Gasteiger partial charge in [0.05, 0.1) is 11.8 Å². The monoisotopic (exact) mass is 187 g/mol. The first-order valence-corrected chi connectivity index (χ1v) is 1.67. The van der Waals surface area contributed by atoms with E-state index in [1.165, 1.54) is 0 Å². The molecule has 7 heavy (non-hydrogen) atoms. The number of hydrogen-bond acceptors (Lipinski definition) is 3. The van der Waals surface area contributed by atoms with Crippen molar-refractivity contribution in [2.24, 2.45) is 0 Å². The van der Waals surface area contributed by atoms with Crippen LogP contribution in [0.4, 0.5) is 0 Å². The predicted molar refractivity (Wildman–Crippen MR) is 24.6 cm³/mol. The Balaban J connectivity index is -0.0000000800. The van der Waals surface area contributed by atoms with E-state index in [9.17, 15) is 0 Å². The zero-order chi connectivity index (χ0) is 4.12. The molecule has 0 atom stereocenters. The average molecular weight is 189 g/mol. The molecule has 0 aliphatic heterocycles. The Kier molecular flexibility index (Phi) is 35.4. The van der Waals surface area contributed by atoms with Crippen LogP contribution >= 0.6 is 11.8 Å². The number of thioether (sulfide) groups is 1. The van der Waals surface area contributed by atoms with Gasteiger partial charge in [0.25, 0.3) is 0 Å². The first-order valence-electron chi connectivity index (χ1n) is 0.855. The van der Waals surface area contributed by atoms with Gasteiger partial charge in [-0.2, -0.15) is 10.5 Å². The van der Waals surface area contributed by atoms with Crippen molar-refractivity contribution in [3.8, 4) is 10.8 Å². The van der Waals surface area contributed by atoms with Crippen molar-refractivity contribution in [3.05, 3.63) is 0 Å². The summed E-state index contributed by atoms with van der Waals surface area (Å²) in [6.07, 6.45) is 0. The average Bonchev–Trinajstić information content (AvgIpc) is 1.41. The Labute approximate surface area is 102 Å². The fraction of sp³-hybridized carbons (Fsp3) is 0. The molecule has 0 bridgehead atoms. The topological polar surface area (TPSA) is 47.6 Å². The third-order valence-corrected chi connectivity index (χ3v) is 0.274. The van der Waals surface area contributed by atoms with Gasteiger partial charge in [-0.25, -0.2) is 0 Å². The minimum atomic E-state index is 0. The van der Waals surface area contributed by atoms with E-state index in [2.05, 4.69) is 0 Å². The smallest absolute Gasteiger partial charge is 0.149 e. The molecule has 0 aromatic rings. The fourth-order valence-electron chi connectivity index (χ4n) is 0.0204. The molecule has 2 nitrogen and oxygen atoms in total. The van der Waals surface area contributed by atoms with Crippen molar-refractivity contribution in [2.45, 2.75) is 0 Å². The minimum absolute atomic E-state index is 0. The molecule has 27 valence electrons. The van der Waals surface area contributed by atoms with Crippen LogP contribution in [0.15, 0.2) is 0 Å². The molecular formula is C2KN2SZn. The van der Waals surface area contributed by atoms with Crippen LogP contribution in [0.5, 0.6) is 0 Å². The molecule has 0 saturated carbocycles. The van der Waals surface area contributed by atoms with Crippen molar-refractivity contribution in [1.82, 2.24) is 0 Å². The first kappa shape index (κ1) is 15.8. The number of thiocyanates is 2. The molecule has 0 spiro atoms. The van der Waals surface area contributed by atoms with Crippen LogP contribution in [-0.4, -0.2) is 51.4 Å². The number of nitriles is 2. The molecule has 0 rings (SSSR count). The van der Waals surface area contributed by atoms with E-state index in [-0.39, 0.29) is 70.9 Å². The second kappa shape index (κ2) is 15.6. The standard InChI is InChI=1S/C2N2S.K.Zn/c3-1-5-2-4;;. The van der Waals surface area contributed by atoms with Crippen LogP contribution < -0.4 is 0 Å². The van der Waals surface area contributed by atoms with Gasteiger partial charge in [0, 0.05) is 70.9 Å². The first-order chi connectivity index (χ1) is 2.41. The van der Waals surface area contributed by atoms with Crippen molar-refractivity contribution < 1.29 is 19.5 Å². The summed E-state index contributed by atoms with van der Waals surface area (Å²) in [7, 11) is 0. The predicted octanol–water partition coefficient (Wildman–Crippen LogP) is 0.298. The summed E-state index contributed by atoms with van der Waals surface area (Å²) >= 11 is 0.574. The largest absolute Gasteiger partial charge is 0.184 e. The minimum Gasteiger partial charge on any atom is -0.184 e. The van der Waals surface area contributed by atoms with E-state index in [0.717, 1.165) is 0 Å². The molecule has 0 saturated heterocycles. The third-order valence-electron chi connectivity index (χ3n) is 0.0913. The Hall–Kier alpha value is 1.59. The van der Waals surface area contributed by atoms with Crippen LogP contribution in [0.1, 0.15) is 0 Å². The second-order valence-electron chi connectivity index (χ2n) is 0.285. The fourth-order valence-corrected chi connectivity index (χ4v) is 0.0612. The summed E-state index contributed by atoms with van der Waals surface area (Å²) in [5.74, 6) is 0. The SMILES string of the molecule is N#CSC#N.[K].[Zn]. The molecule has 0 aromatic heterocycles. The van der Waals surface area contributed by atoms with Crippen LogP contribution in [-0.2, 0) is 19.5 Å². The molecule has 1 radical (unpaired) electrons. The molecule has 0 aliphatic rings. The van der Waals surface area contributed by atoms with Gasteiger partial charge < -0.3 is 0 Å². The van der Waals surface area contributed by atoms with Crippen molar-refractivity contribution in [2.75, 3.05) is 0 Å². The van der Waals surface area contributed by atoms with Crippen LogP contribution in [0.3, 0.4) is 0 Å². The zero-order valence-corrected chi connectivity index (χ0v) is 10.9. The van der Waals surface area contributed by atoms with Gasteiger partial charge >= 0.3 is 0 Å². The molecule has 0 fully saturated rings. The van der Waals surface area contributed by atoms with Gasteiger partial charge in [0.2, 0.25) is 0 Å². The van der Waals surface area contributed by atoms with E-state index in [0.29, 0.717) is 11.8 Å². The Morgan fingerprint density at radius 3 is 1.43 bits per heavy atom. The third kappa shape index (κ3) is 18.4. The van der Waals surface area contributed by atoms with Gasteiger partial charge in [0.15, 0.2) is 0 Å². The van der Waals surface area contributed by atoms with Crippen LogP contribution in [0.2, 0.25) is 0 Å². The summed E-state index contributed by atoms with van der Waals surface area (Å²) < 4.78 is 0. The summed E-state index contributed by atoms with van der Waals surface area (Å²) in [5, 5.41) is 18.3. The van der Waals surface area contributed by atoms with Crippen molar-refractivity contribution in [1.29, 1.82) is 10.5 Å². The van der Waals surface area contributed by atoms with Gasteiger partial charge in [-0.05, 0) is 0 Å². The maximum Gasteiger partial charge on any atom is 0.149 e. The normalized spacial score (nSPS) is 3.14. The summed E-state index contributed by atoms with van der Waals surface area (Å²) in [4.78, 5) is 0.